The quantitative estimate of drug-likeness (QED) is 0.487. The van der Waals surface area contributed by atoms with Crippen molar-refractivity contribution in [2.45, 2.75) is 10.9 Å². The predicted octanol–water partition coefficient (Wildman–Crippen LogP) is -1.41. The maximum atomic E-state index is 10.1. The first-order chi connectivity index (χ1) is 4.09. The third-order valence-electron chi connectivity index (χ3n) is 0.809. The molecule has 54 valence electrons. The van der Waals surface area contributed by atoms with Crippen LogP contribution in [0.4, 0.5) is 0 Å². The second kappa shape index (κ2) is 3.81. The van der Waals surface area contributed by atoms with Gasteiger partial charge in [0.15, 0.2) is 0 Å². The Hall–Kier alpha value is -0.130. The number of hydrogen-bond acceptors (Lipinski definition) is 3. The van der Waals surface area contributed by atoms with E-state index in [0.29, 0.717) is 0 Å². The SMILES string of the molecule is NC(=O)C(O)C(Br)CO. The molecule has 5 heteroatoms. The highest BCUT2D eigenvalue weighted by Crippen LogP contribution is 2.03. The van der Waals surface area contributed by atoms with Crippen LogP contribution in [0.1, 0.15) is 0 Å². The summed E-state index contributed by atoms with van der Waals surface area (Å²) in [7, 11) is 0. The lowest BCUT2D eigenvalue weighted by Crippen LogP contribution is -2.37. The topological polar surface area (TPSA) is 83.6 Å². The van der Waals surface area contributed by atoms with Crippen molar-refractivity contribution in [3.63, 3.8) is 0 Å². The van der Waals surface area contributed by atoms with Crippen molar-refractivity contribution in [1.29, 1.82) is 0 Å². The van der Waals surface area contributed by atoms with E-state index in [1.54, 1.807) is 0 Å². The summed E-state index contributed by atoms with van der Waals surface area (Å²) in [6, 6.07) is 0. The van der Waals surface area contributed by atoms with Crippen molar-refractivity contribution in [1.82, 2.24) is 0 Å². The van der Waals surface area contributed by atoms with Crippen molar-refractivity contribution in [2.75, 3.05) is 6.61 Å². The normalized spacial score (nSPS) is 16.8. The third kappa shape index (κ3) is 2.78. The number of hydrogen-bond donors (Lipinski definition) is 3. The van der Waals surface area contributed by atoms with Gasteiger partial charge in [0, 0.05) is 0 Å². The van der Waals surface area contributed by atoms with Crippen LogP contribution in [-0.4, -0.2) is 33.7 Å². The highest BCUT2D eigenvalue weighted by Gasteiger charge is 2.19. The summed E-state index contributed by atoms with van der Waals surface area (Å²) in [5.41, 5.74) is 4.68. The number of carbonyl (C=O) groups is 1. The largest absolute Gasteiger partial charge is 0.395 e. The lowest BCUT2D eigenvalue weighted by atomic mass is 10.2. The molecule has 0 saturated heterocycles. The van der Waals surface area contributed by atoms with E-state index < -0.39 is 16.8 Å². The van der Waals surface area contributed by atoms with Crippen LogP contribution < -0.4 is 5.73 Å². The monoisotopic (exact) mass is 197 g/mol. The minimum absolute atomic E-state index is 0.315. The molecule has 0 fully saturated rings. The number of primary amides is 1. The van der Waals surface area contributed by atoms with Gasteiger partial charge < -0.3 is 15.9 Å². The fourth-order valence-corrected chi connectivity index (χ4v) is 0.539. The molecule has 0 spiro atoms. The first-order valence-corrected chi connectivity index (χ1v) is 3.23. The summed E-state index contributed by atoms with van der Waals surface area (Å²) in [5, 5.41) is 17.1. The molecule has 2 atom stereocenters. The molecule has 0 rings (SSSR count). The molecule has 0 aromatic heterocycles. The Kier molecular flexibility index (Phi) is 3.76. The van der Waals surface area contributed by atoms with Crippen LogP contribution in [0, 0.1) is 0 Å². The van der Waals surface area contributed by atoms with Crippen molar-refractivity contribution in [3.05, 3.63) is 0 Å². The molecule has 2 unspecified atom stereocenters. The lowest BCUT2D eigenvalue weighted by molar-refractivity contribution is -0.126. The van der Waals surface area contributed by atoms with E-state index in [9.17, 15) is 4.79 Å². The average molecular weight is 198 g/mol. The molecule has 0 aliphatic rings. The Labute approximate surface area is 60.8 Å². The number of carbonyl (C=O) groups excluding carboxylic acids is 1. The van der Waals surface area contributed by atoms with Crippen LogP contribution in [0.2, 0.25) is 0 Å². The number of nitrogens with two attached hydrogens (primary N) is 1. The van der Waals surface area contributed by atoms with Crippen LogP contribution in [0.15, 0.2) is 0 Å². The van der Waals surface area contributed by atoms with Gasteiger partial charge in [0.25, 0.3) is 0 Å². The van der Waals surface area contributed by atoms with Crippen LogP contribution in [0.5, 0.6) is 0 Å². The van der Waals surface area contributed by atoms with Gasteiger partial charge in [-0.15, -0.1) is 0 Å². The summed E-state index contributed by atoms with van der Waals surface area (Å²) < 4.78 is 0. The molecule has 0 heterocycles. The highest BCUT2D eigenvalue weighted by atomic mass is 79.9. The van der Waals surface area contributed by atoms with Gasteiger partial charge in [0.1, 0.15) is 6.10 Å². The third-order valence-corrected chi connectivity index (χ3v) is 1.60. The van der Waals surface area contributed by atoms with Gasteiger partial charge >= 0.3 is 0 Å². The van der Waals surface area contributed by atoms with Crippen LogP contribution in [-0.2, 0) is 4.79 Å². The summed E-state index contributed by atoms with van der Waals surface area (Å²) >= 11 is 2.84. The number of aliphatic hydroxyl groups is 2. The van der Waals surface area contributed by atoms with Gasteiger partial charge in [-0.1, -0.05) is 15.9 Å². The minimum atomic E-state index is -1.31. The number of halogens is 1. The van der Waals surface area contributed by atoms with Crippen molar-refractivity contribution < 1.29 is 15.0 Å². The molecule has 9 heavy (non-hydrogen) atoms. The van der Waals surface area contributed by atoms with E-state index in [0.717, 1.165) is 0 Å². The van der Waals surface area contributed by atoms with Crippen molar-refractivity contribution >= 4 is 21.8 Å². The van der Waals surface area contributed by atoms with Crippen molar-refractivity contribution in [3.8, 4) is 0 Å². The molecular formula is C4H8BrNO3. The minimum Gasteiger partial charge on any atom is -0.395 e. The maximum absolute atomic E-state index is 10.1. The summed E-state index contributed by atoms with van der Waals surface area (Å²) in [6.07, 6.45) is -1.31. The number of amides is 1. The second-order valence-electron chi connectivity index (χ2n) is 1.55. The first-order valence-electron chi connectivity index (χ1n) is 2.32. The lowest BCUT2D eigenvalue weighted by Gasteiger charge is -2.09. The Morgan fingerprint density at radius 2 is 2.22 bits per heavy atom. The van der Waals surface area contributed by atoms with E-state index in [-0.39, 0.29) is 6.61 Å². The van der Waals surface area contributed by atoms with Gasteiger partial charge in [0.2, 0.25) is 5.91 Å². The Morgan fingerprint density at radius 1 is 1.78 bits per heavy atom. The fourth-order valence-electron chi connectivity index (χ4n) is 0.278. The number of aliphatic hydroxyl groups excluding tert-OH is 2. The molecule has 0 aliphatic carbocycles. The van der Waals surface area contributed by atoms with E-state index >= 15 is 0 Å². The maximum Gasteiger partial charge on any atom is 0.247 e. The molecule has 0 aromatic carbocycles. The van der Waals surface area contributed by atoms with Gasteiger partial charge in [-0.3, -0.25) is 4.79 Å². The predicted molar refractivity (Wildman–Crippen MR) is 35.0 cm³/mol. The van der Waals surface area contributed by atoms with E-state index in [1.807, 2.05) is 0 Å². The molecular weight excluding hydrogens is 190 g/mol. The zero-order valence-corrected chi connectivity index (χ0v) is 6.21. The van der Waals surface area contributed by atoms with Crippen LogP contribution >= 0.6 is 15.9 Å². The summed E-state index contributed by atoms with van der Waals surface area (Å²) in [6.45, 7) is -0.315. The Bertz CT molecular complexity index is 108. The zero-order chi connectivity index (χ0) is 7.44. The number of alkyl halides is 1. The Balaban J connectivity index is 3.72. The average Bonchev–Trinajstić information content (AvgIpc) is 1.84. The van der Waals surface area contributed by atoms with Crippen LogP contribution in [0.25, 0.3) is 0 Å². The van der Waals surface area contributed by atoms with E-state index in [4.69, 9.17) is 10.2 Å². The van der Waals surface area contributed by atoms with E-state index in [2.05, 4.69) is 21.7 Å². The highest BCUT2D eigenvalue weighted by molar-refractivity contribution is 9.09. The number of rotatable bonds is 3. The molecule has 4 N–H and O–H groups in total. The summed E-state index contributed by atoms with van der Waals surface area (Å²) in [4.78, 5) is 9.47. The molecule has 4 nitrogen and oxygen atoms in total. The molecule has 0 radical (unpaired) electrons. The van der Waals surface area contributed by atoms with Gasteiger partial charge in [0.05, 0.1) is 11.4 Å². The smallest absolute Gasteiger partial charge is 0.247 e. The summed E-state index contributed by atoms with van der Waals surface area (Å²) in [5.74, 6) is -0.842. The zero-order valence-electron chi connectivity index (χ0n) is 4.62. The van der Waals surface area contributed by atoms with Gasteiger partial charge in [-0.25, -0.2) is 0 Å². The van der Waals surface area contributed by atoms with Gasteiger partial charge in [-0.05, 0) is 0 Å². The second-order valence-corrected chi connectivity index (χ2v) is 2.72. The molecule has 0 saturated carbocycles. The van der Waals surface area contributed by atoms with Gasteiger partial charge in [-0.2, -0.15) is 0 Å². The standard InChI is InChI=1S/C4H8BrNO3/c5-2(1-7)3(8)4(6)9/h2-3,7-8H,1H2,(H2,6,9). The Morgan fingerprint density at radius 3 is 2.33 bits per heavy atom. The molecule has 0 aliphatic heterocycles. The first kappa shape index (κ1) is 8.87. The molecule has 0 aromatic rings. The van der Waals surface area contributed by atoms with Crippen LogP contribution in [0.3, 0.4) is 0 Å². The van der Waals surface area contributed by atoms with E-state index in [1.165, 1.54) is 0 Å². The molecule has 0 bridgehead atoms. The molecule has 1 amide bonds. The fraction of sp³-hybridized carbons (Fsp3) is 0.750. The van der Waals surface area contributed by atoms with Crippen molar-refractivity contribution in [2.24, 2.45) is 5.73 Å².